The molecule has 118 valence electrons. The van der Waals surface area contributed by atoms with Crippen molar-refractivity contribution in [3.05, 3.63) is 35.9 Å². The molecule has 1 aromatic carbocycles. The first-order chi connectivity index (χ1) is 9.66. The molecular formula is C17H27ClN2O. The van der Waals surface area contributed by atoms with Crippen LogP contribution in [0.1, 0.15) is 38.2 Å². The first kappa shape index (κ1) is 18.0. The molecule has 3 nitrogen and oxygen atoms in total. The third kappa shape index (κ3) is 5.68. The number of benzene rings is 1. The molecule has 2 rings (SSSR count). The largest absolute Gasteiger partial charge is 0.343 e. The highest BCUT2D eigenvalue weighted by Crippen LogP contribution is 2.20. The van der Waals surface area contributed by atoms with E-state index in [2.05, 4.69) is 31.2 Å². The standard InChI is InChI=1S/C17H26N2O.ClH/c1-14(18)16-10-12-19(13-11-16)17(20)9-5-8-15-6-3-2-4-7-15;/h2-4,6-7,14,16H,5,8-13,18H2,1H3;1H. The number of hydrogen-bond donors (Lipinski definition) is 1. The van der Waals surface area contributed by atoms with Gasteiger partial charge in [0.25, 0.3) is 0 Å². The van der Waals surface area contributed by atoms with Crippen LogP contribution in [0.25, 0.3) is 0 Å². The Hall–Kier alpha value is -1.06. The molecule has 1 atom stereocenters. The second-order valence-electron chi connectivity index (χ2n) is 5.92. The Morgan fingerprint density at radius 3 is 2.48 bits per heavy atom. The maximum Gasteiger partial charge on any atom is 0.222 e. The highest BCUT2D eigenvalue weighted by Gasteiger charge is 2.24. The molecule has 4 heteroatoms. The molecule has 0 aromatic heterocycles. The lowest BCUT2D eigenvalue weighted by Gasteiger charge is -2.33. The molecule has 1 aliphatic heterocycles. The molecule has 1 saturated heterocycles. The summed E-state index contributed by atoms with van der Waals surface area (Å²) >= 11 is 0. The van der Waals surface area contributed by atoms with Crippen molar-refractivity contribution in [2.45, 2.75) is 45.1 Å². The van der Waals surface area contributed by atoms with Crippen molar-refractivity contribution >= 4 is 18.3 Å². The Bertz CT molecular complexity index is 414. The van der Waals surface area contributed by atoms with E-state index in [0.717, 1.165) is 38.8 Å². The Kier molecular flexibility index (Phi) is 7.76. The van der Waals surface area contributed by atoms with E-state index < -0.39 is 0 Å². The minimum absolute atomic E-state index is 0. The van der Waals surface area contributed by atoms with E-state index in [4.69, 9.17) is 5.73 Å². The van der Waals surface area contributed by atoms with Gasteiger partial charge in [0.2, 0.25) is 5.91 Å². The maximum atomic E-state index is 12.2. The van der Waals surface area contributed by atoms with Gasteiger partial charge in [0.15, 0.2) is 0 Å². The minimum atomic E-state index is 0. The van der Waals surface area contributed by atoms with Crippen LogP contribution in [0.15, 0.2) is 30.3 Å². The van der Waals surface area contributed by atoms with Crippen LogP contribution in [-0.2, 0) is 11.2 Å². The van der Waals surface area contributed by atoms with E-state index in [1.165, 1.54) is 5.56 Å². The van der Waals surface area contributed by atoms with Crippen LogP contribution in [-0.4, -0.2) is 29.9 Å². The van der Waals surface area contributed by atoms with Gasteiger partial charge in [-0.2, -0.15) is 0 Å². The molecule has 21 heavy (non-hydrogen) atoms. The fraction of sp³-hybridized carbons (Fsp3) is 0.588. The zero-order valence-electron chi connectivity index (χ0n) is 12.8. The van der Waals surface area contributed by atoms with Crippen molar-refractivity contribution in [1.29, 1.82) is 0 Å². The van der Waals surface area contributed by atoms with Gasteiger partial charge in [0.05, 0.1) is 0 Å². The predicted molar refractivity (Wildman–Crippen MR) is 89.6 cm³/mol. The van der Waals surface area contributed by atoms with E-state index in [9.17, 15) is 4.79 Å². The van der Waals surface area contributed by atoms with E-state index in [0.29, 0.717) is 18.2 Å². The topological polar surface area (TPSA) is 46.3 Å². The van der Waals surface area contributed by atoms with Gasteiger partial charge in [-0.05, 0) is 44.1 Å². The number of aryl methyl sites for hydroxylation is 1. The smallest absolute Gasteiger partial charge is 0.222 e. The van der Waals surface area contributed by atoms with Crippen molar-refractivity contribution in [2.24, 2.45) is 11.7 Å². The van der Waals surface area contributed by atoms with E-state index in [-0.39, 0.29) is 18.4 Å². The molecule has 1 aromatic rings. The van der Waals surface area contributed by atoms with Gasteiger partial charge in [-0.3, -0.25) is 4.79 Å². The van der Waals surface area contributed by atoms with Crippen molar-refractivity contribution in [2.75, 3.05) is 13.1 Å². The predicted octanol–water partition coefficient (Wildman–Crippen LogP) is 3.02. The quantitative estimate of drug-likeness (QED) is 0.908. The Morgan fingerprint density at radius 1 is 1.29 bits per heavy atom. The van der Waals surface area contributed by atoms with Gasteiger partial charge in [0, 0.05) is 25.6 Å². The van der Waals surface area contributed by atoms with Crippen LogP contribution >= 0.6 is 12.4 Å². The average molecular weight is 311 g/mol. The molecule has 1 heterocycles. The number of carbonyl (C=O) groups excluding carboxylic acids is 1. The summed E-state index contributed by atoms with van der Waals surface area (Å²) in [7, 11) is 0. The van der Waals surface area contributed by atoms with E-state index in [1.54, 1.807) is 0 Å². The lowest BCUT2D eigenvalue weighted by molar-refractivity contribution is -0.132. The summed E-state index contributed by atoms with van der Waals surface area (Å²) in [6.07, 6.45) is 4.71. The third-order valence-corrected chi connectivity index (χ3v) is 4.33. The van der Waals surface area contributed by atoms with Gasteiger partial charge >= 0.3 is 0 Å². The van der Waals surface area contributed by atoms with Crippen molar-refractivity contribution < 1.29 is 4.79 Å². The number of carbonyl (C=O) groups is 1. The highest BCUT2D eigenvalue weighted by molar-refractivity contribution is 5.85. The number of rotatable bonds is 5. The number of piperidine rings is 1. The lowest BCUT2D eigenvalue weighted by atomic mass is 9.91. The number of hydrogen-bond acceptors (Lipinski definition) is 2. The van der Waals surface area contributed by atoms with Crippen LogP contribution < -0.4 is 5.73 Å². The molecule has 1 fully saturated rings. The third-order valence-electron chi connectivity index (χ3n) is 4.33. The molecule has 1 aliphatic rings. The van der Waals surface area contributed by atoms with Crippen molar-refractivity contribution in [3.63, 3.8) is 0 Å². The number of likely N-dealkylation sites (tertiary alicyclic amines) is 1. The molecule has 0 saturated carbocycles. The zero-order chi connectivity index (χ0) is 14.4. The molecule has 1 unspecified atom stereocenters. The van der Waals surface area contributed by atoms with Gasteiger partial charge in [-0.15, -0.1) is 12.4 Å². The Morgan fingerprint density at radius 2 is 1.90 bits per heavy atom. The van der Waals surface area contributed by atoms with Gasteiger partial charge in [-0.25, -0.2) is 0 Å². The highest BCUT2D eigenvalue weighted by atomic mass is 35.5. The van der Waals surface area contributed by atoms with Gasteiger partial charge in [-0.1, -0.05) is 30.3 Å². The molecule has 0 aliphatic carbocycles. The summed E-state index contributed by atoms with van der Waals surface area (Å²) in [6.45, 7) is 3.84. The van der Waals surface area contributed by atoms with Crippen LogP contribution in [0.4, 0.5) is 0 Å². The van der Waals surface area contributed by atoms with E-state index in [1.807, 2.05) is 11.0 Å². The first-order valence-corrected chi connectivity index (χ1v) is 7.74. The lowest BCUT2D eigenvalue weighted by Crippen LogP contribution is -2.42. The molecule has 1 amide bonds. The Balaban J connectivity index is 0.00000220. The molecule has 0 spiro atoms. The maximum absolute atomic E-state index is 12.2. The second kappa shape index (κ2) is 9.06. The Labute approximate surface area is 134 Å². The van der Waals surface area contributed by atoms with Crippen LogP contribution in [0, 0.1) is 5.92 Å². The van der Waals surface area contributed by atoms with Crippen molar-refractivity contribution in [1.82, 2.24) is 4.90 Å². The summed E-state index contributed by atoms with van der Waals surface area (Å²) in [5.41, 5.74) is 7.25. The van der Waals surface area contributed by atoms with Crippen LogP contribution in [0.3, 0.4) is 0 Å². The van der Waals surface area contributed by atoms with Crippen molar-refractivity contribution in [3.8, 4) is 0 Å². The number of nitrogens with two attached hydrogens (primary N) is 1. The summed E-state index contributed by atoms with van der Waals surface area (Å²) in [4.78, 5) is 14.2. The van der Waals surface area contributed by atoms with Crippen LogP contribution in [0.5, 0.6) is 0 Å². The molecule has 0 bridgehead atoms. The summed E-state index contributed by atoms with van der Waals surface area (Å²) in [5, 5.41) is 0. The molecule has 0 radical (unpaired) electrons. The fourth-order valence-corrected chi connectivity index (χ4v) is 2.92. The molecular weight excluding hydrogens is 284 g/mol. The van der Waals surface area contributed by atoms with E-state index >= 15 is 0 Å². The number of halogens is 1. The van der Waals surface area contributed by atoms with Gasteiger partial charge in [0.1, 0.15) is 0 Å². The first-order valence-electron chi connectivity index (χ1n) is 7.74. The minimum Gasteiger partial charge on any atom is -0.343 e. The number of nitrogens with zero attached hydrogens (tertiary/aromatic N) is 1. The normalized spacial score (nSPS) is 17.1. The monoisotopic (exact) mass is 310 g/mol. The zero-order valence-corrected chi connectivity index (χ0v) is 13.6. The fourth-order valence-electron chi connectivity index (χ4n) is 2.92. The summed E-state index contributed by atoms with van der Waals surface area (Å²) in [5.74, 6) is 0.896. The van der Waals surface area contributed by atoms with Gasteiger partial charge < -0.3 is 10.6 Å². The van der Waals surface area contributed by atoms with Crippen LogP contribution in [0.2, 0.25) is 0 Å². The SMILES string of the molecule is CC(N)C1CCN(C(=O)CCCc2ccccc2)CC1.Cl. The number of amides is 1. The molecule has 2 N–H and O–H groups in total. The second-order valence-corrected chi connectivity index (χ2v) is 5.92. The average Bonchev–Trinajstić information content (AvgIpc) is 2.48. The summed E-state index contributed by atoms with van der Waals surface area (Å²) in [6, 6.07) is 10.6. The summed E-state index contributed by atoms with van der Waals surface area (Å²) < 4.78 is 0.